The first-order valence-electron chi connectivity index (χ1n) is 9.28. The summed E-state index contributed by atoms with van der Waals surface area (Å²) in [7, 11) is -0.968. The predicted molar refractivity (Wildman–Crippen MR) is 114 cm³/mol. The molecular weight excluding hydrogens is 358 g/mol. The lowest BCUT2D eigenvalue weighted by Crippen LogP contribution is -2.37. The van der Waals surface area contributed by atoms with E-state index >= 15 is 0 Å². The van der Waals surface area contributed by atoms with Crippen molar-refractivity contribution in [2.75, 3.05) is 0 Å². The molecule has 0 bridgehead atoms. The standard InChI is InChI=1S/C22H28O2P2/c1-21(2,3)25-17-13-9-7-11-15(17)23-19(25)20-24-16-12-8-10-14-18(16)26(20)22(4,5)6/h7-14,19-20H,1-6H3/t19-,20-,25?,26?/m1/s1. The minimum absolute atomic E-state index is 0.111. The van der Waals surface area contributed by atoms with Crippen LogP contribution in [0.5, 0.6) is 11.5 Å². The first-order chi connectivity index (χ1) is 12.2. The molecular formula is C22H28O2P2. The molecule has 2 unspecified atom stereocenters. The lowest BCUT2D eigenvalue weighted by atomic mass is 10.3. The Balaban J connectivity index is 1.80. The van der Waals surface area contributed by atoms with Crippen LogP contribution in [0.15, 0.2) is 48.5 Å². The van der Waals surface area contributed by atoms with E-state index in [4.69, 9.17) is 9.47 Å². The zero-order valence-electron chi connectivity index (χ0n) is 16.5. The second kappa shape index (κ2) is 6.22. The molecule has 2 aliphatic rings. The minimum Gasteiger partial charge on any atom is -0.481 e. The summed E-state index contributed by atoms with van der Waals surface area (Å²) in [6.07, 6.45) is 0. The van der Waals surface area contributed by atoms with Gasteiger partial charge in [0.2, 0.25) is 0 Å². The molecule has 2 aromatic carbocycles. The van der Waals surface area contributed by atoms with Crippen molar-refractivity contribution in [2.45, 2.75) is 63.5 Å². The third kappa shape index (κ3) is 2.96. The van der Waals surface area contributed by atoms with Gasteiger partial charge in [0.05, 0.1) is 0 Å². The smallest absolute Gasteiger partial charge is 0.162 e. The van der Waals surface area contributed by atoms with Crippen LogP contribution < -0.4 is 20.1 Å². The van der Waals surface area contributed by atoms with Gasteiger partial charge in [0, 0.05) is 10.6 Å². The number of ether oxygens (including phenoxy) is 2. The molecule has 0 aromatic heterocycles. The van der Waals surface area contributed by atoms with Crippen LogP contribution in [0.25, 0.3) is 0 Å². The van der Waals surface area contributed by atoms with Crippen LogP contribution in [-0.2, 0) is 0 Å². The predicted octanol–water partition coefficient (Wildman–Crippen LogP) is 5.64. The van der Waals surface area contributed by atoms with Gasteiger partial charge in [-0.25, -0.2) is 0 Å². The monoisotopic (exact) mass is 386 g/mol. The topological polar surface area (TPSA) is 18.5 Å². The Labute approximate surface area is 159 Å². The van der Waals surface area contributed by atoms with E-state index in [0.29, 0.717) is 0 Å². The number of benzene rings is 2. The third-order valence-electron chi connectivity index (χ3n) is 4.94. The summed E-state index contributed by atoms with van der Waals surface area (Å²) in [5.74, 6) is 2.34. The average molecular weight is 386 g/mol. The quantitative estimate of drug-likeness (QED) is 0.591. The summed E-state index contributed by atoms with van der Waals surface area (Å²) in [4.78, 5) is 0. The van der Waals surface area contributed by atoms with E-state index in [9.17, 15) is 0 Å². The number of para-hydroxylation sites is 2. The van der Waals surface area contributed by atoms with E-state index in [1.807, 2.05) is 0 Å². The summed E-state index contributed by atoms with van der Waals surface area (Å²) in [6, 6.07) is 17.2. The van der Waals surface area contributed by atoms with Crippen molar-refractivity contribution in [3.63, 3.8) is 0 Å². The largest absolute Gasteiger partial charge is 0.481 e. The molecule has 4 rings (SSSR count). The molecule has 0 saturated heterocycles. The highest BCUT2D eigenvalue weighted by Gasteiger charge is 2.53. The second-order valence-corrected chi connectivity index (χ2v) is 15.2. The Morgan fingerprint density at radius 3 is 1.31 bits per heavy atom. The highest BCUT2D eigenvalue weighted by Crippen LogP contribution is 2.67. The lowest BCUT2D eigenvalue weighted by molar-refractivity contribution is 0.171. The van der Waals surface area contributed by atoms with E-state index in [0.717, 1.165) is 11.5 Å². The van der Waals surface area contributed by atoms with Gasteiger partial charge in [0.1, 0.15) is 11.5 Å². The molecule has 26 heavy (non-hydrogen) atoms. The van der Waals surface area contributed by atoms with Crippen molar-refractivity contribution in [3.8, 4) is 11.5 Å². The second-order valence-electron chi connectivity index (χ2n) is 9.03. The lowest BCUT2D eigenvalue weighted by Gasteiger charge is -2.39. The first kappa shape index (κ1) is 18.3. The summed E-state index contributed by atoms with van der Waals surface area (Å²) in [6.45, 7) is 14.1. The van der Waals surface area contributed by atoms with Gasteiger partial charge in [-0.05, 0) is 38.3 Å². The number of fused-ring (bicyclic) bond motifs is 2. The van der Waals surface area contributed by atoms with Gasteiger partial charge in [-0.1, -0.05) is 77.9 Å². The van der Waals surface area contributed by atoms with Crippen LogP contribution in [0.4, 0.5) is 0 Å². The molecule has 0 N–H and O–H groups in total. The van der Waals surface area contributed by atoms with Crippen molar-refractivity contribution in [2.24, 2.45) is 0 Å². The number of hydrogen-bond acceptors (Lipinski definition) is 2. The molecule has 0 amide bonds. The van der Waals surface area contributed by atoms with Crippen molar-refractivity contribution >= 4 is 26.5 Å². The van der Waals surface area contributed by atoms with Crippen LogP contribution in [0.1, 0.15) is 41.5 Å². The van der Waals surface area contributed by atoms with Crippen molar-refractivity contribution in [1.29, 1.82) is 0 Å². The molecule has 2 aromatic rings. The molecule has 0 spiro atoms. The number of rotatable bonds is 1. The molecule has 138 valence electrons. The summed E-state index contributed by atoms with van der Waals surface area (Å²) in [5.41, 5.74) is 0. The first-order valence-corrected chi connectivity index (χ1v) is 12.1. The molecule has 0 radical (unpaired) electrons. The van der Waals surface area contributed by atoms with Gasteiger partial charge >= 0.3 is 0 Å². The molecule has 0 fully saturated rings. The molecule has 0 saturated carbocycles. The molecule has 2 aliphatic heterocycles. The van der Waals surface area contributed by atoms with Crippen LogP contribution in [0.2, 0.25) is 0 Å². The third-order valence-corrected chi connectivity index (χ3v) is 11.6. The maximum Gasteiger partial charge on any atom is 0.162 e. The molecule has 4 atom stereocenters. The van der Waals surface area contributed by atoms with Crippen LogP contribution >= 0.6 is 15.8 Å². The fourth-order valence-corrected chi connectivity index (χ4v) is 10.6. The van der Waals surface area contributed by atoms with E-state index < -0.39 is 15.8 Å². The summed E-state index contributed by atoms with van der Waals surface area (Å²) in [5, 5.41) is 3.12. The Hall–Kier alpha value is -1.10. The van der Waals surface area contributed by atoms with Crippen LogP contribution in [0.3, 0.4) is 0 Å². The maximum atomic E-state index is 6.61. The highest BCUT2D eigenvalue weighted by molar-refractivity contribution is 7.72. The van der Waals surface area contributed by atoms with E-state index in [-0.39, 0.29) is 22.0 Å². The Morgan fingerprint density at radius 1 is 0.615 bits per heavy atom. The average Bonchev–Trinajstić information content (AvgIpc) is 3.12. The normalized spacial score (nSPS) is 27.5. The van der Waals surface area contributed by atoms with Gasteiger partial charge in [-0.3, -0.25) is 0 Å². The van der Waals surface area contributed by atoms with Gasteiger partial charge in [-0.2, -0.15) is 0 Å². The number of hydrogen-bond donors (Lipinski definition) is 0. The summed E-state index contributed by atoms with van der Waals surface area (Å²) >= 11 is 0. The van der Waals surface area contributed by atoms with Crippen molar-refractivity contribution in [3.05, 3.63) is 48.5 Å². The van der Waals surface area contributed by atoms with Gasteiger partial charge < -0.3 is 9.47 Å². The van der Waals surface area contributed by atoms with Gasteiger partial charge in [-0.15, -0.1) is 0 Å². The van der Waals surface area contributed by atoms with E-state index in [2.05, 4.69) is 90.1 Å². The Morgan fingerprint density at radius 2 is 0.962 bits per heavy atom. The molecule has 2 heterocycles. The van der Waals surface area contributed by atoms with E-state index in [1.54, 1.807) is 0 Å². The van der Waals surface area contributed by atoms with Crippen molar-refractivity contribution < 1.29 is 9.47 Å². The molecule has 2 nitrogen and oxygen atoms in total. The zero-order chi connectivity index (χ0) is 18.7. The SMILES string of the molecule is CC(C)(C)P1c2ccccc2O[C@H]1[C@@H]1Oc2ccccc2P1C(C)(C)C. The fraction of sp³-hybridized carbons (Fsp3) is 0.455. The zero-order valence-corrected chi connectivity index (χ0v) is 18.3. The van der Waals surface area contributed by atoms with Gasteiger partial charge in [0.25, 0.3) is 0 Å². The van der Waals surface area contributed by atoms with Gasteiger partial charge in [0.15, 0.2) is 11.7 Å². The maximum absolute atomic E-state index is 6.61. The minimum atomic E-state index is -0.484. The van der Waals surface area contributed by atoms with Crippen LogP contribution in [0, 0.1) is 0 Å². The molecule has 4 heteroatoms. The molecule has 0 aliphatic carbocycles. The Bertz CT molecular complexity index is 750. The fourth-order valence-electron chi connectivity index (χ4n) is 4.01. The Kier molecular flexibility index (Phi) is 4.37. The van der Waals surface area contributed by atoms with Crippen molar-refractivity contribution in [1.82, 2.24) is 0 Å². The van der Waals surface area contributed by atoms with Crippen LogP contribution in [-0.4, -0.2) is 22.0 Å². The van der Waals surface area contributed by atoms with E-state index in [1.165, 1.54) is 10.6 Å². The highest BCUT2D eigenvalue weighted by atomic mass is 31.1. The summed E-state index contributed by atoms with van der Waals surface area (Å²) < 4.78 is 13.2.